The summed E-state index contributed by atoms with van der Waals surface area (Å²) in [5.74, 6) is 0.173. The fourth-order valence-electron chi connectivity index (χ4n) is 1.66. The molecule has 1 heterocycles. The maximum Gasteiger partial charge on any atom is 0.220 e. The maximum atomic E-state index is 11.2. The van der Waals surface area contributed by atoms with Gasteiger partial charge in [-0.2, -0.15) is 0 Å². The summed E-state index contributed by atoms with van der Waals surface area (Å²) >= 11 is 0. The van der Waals surface area contributed by atoms with E-state index in [-0.39, 0.29) is 11.4 Å². The normalized spacial score (nSPS) is 20.1. The van der Waals surface area contributed by atoms with Gasteiger partial charge in [-0.25, -0.2) is 0 Å². The van der Waals surface area contributed by atoms with Crippen LogP contribution in [0.5, 0.6) is 0 Å². The number of nitrogens with one attached hydrogen (secondary N) is 1. The predicted octanol–water partition coefficient (Wildman–Crippen LogP) is 2.02. The van der Waals surface area contributed by atoms with E-state index in [1.807, 2.05) is 20.8 Å². The van der Waals surface area contributed by atoms with Crippen LogP contribution in [0, 0.1) is 0 Å². The number of hydrogen-bond acceptors (Lipinski definition) is 2. The average molecular weight is 214 g/mol. The Bertz CT molecular complexity index is 184. The lowest BCUT2D eigenvalue weighted by Crippen LogP contribution is -2.52. The van der Waals surface area contributed by atoms with Gasteiger partial charge in [-0.05, 0) is 26.8 Å². The quantitative estimate of drug-likeness (QED) is 0.763. The first kappa shape index (κ1) is 14.4. The van der Waals surface area contributed by atoms with Crippen molar-refractivity contribution >= 4 is 5.91 Å². The Labute approximate surface area is 94.2 Å². The molecule has 15 heavy (non-hydrogen) atoms. The maximum absolute atomic E-state index is 11.2. The Kier molecular flexibility index (Phi) is 6.57. The van der Waals surface area contributed by atoms with Crippen molar-refractivity contribution in [3.05, 3.63) is 0 Å². The SMILES string of the molecule is CC.CCC(=O)NC1(C)CCN(C)CC1. The lowest BCUT2D eigenvalue weighted by atomic mass is 9.90. The highest BCUT2D eigenvalue weighted by Gasteiger charge is 2.29. The van der Waals surface area contributed by atoms with E-state index in [4.69, 9.17) is 0 Å². The fourth-order valence-corrected chi connectivity index (χ4v) is 1.66. The molecular formula is C12H26N2O. The van der Waals surface area contributed by atoms with E-state index in [9.17, 15) is 4.79 Å². The van der Waals surface area contributed by atoms with Gasteiger partial charge in [-0.1, -0.05) is 20.8 Å². The van der Waals surface area contributed by atoms with Gasteiger partial charge in [-0.3, -0.25) is 4.79 Å². The summed E-state index contributed by atoms with van der Waals surface area (Å²) in [6.07, 6.45) is 2.72. The average Bonchev–Trinajstić information content (AvgIpc) is 2.25. The van der Waals surface area contributed by atoms with E-state index in [0.29, 0.717) is 6.42 Å². The largest absolute Gasteiger partial charge is 0.351 e. The van der Waals surface area contributed by atoms with Crippen LogP contribution in [0.3, 0.4) is 0 Å². The van der Waals surface area contributed by atoms with Gasteiger partial charge in [0.15, 0.2) is 0 Å². The van der Waals surface area contributed by atoms with Gasteiger partial charge >= 0.3 is 0 Å². The van der Waals surface area contributed by atoms with Gasteiger partial charge in [0.25, 0.3) is 0 Å². The lowest BCUT2D eigenvalue weighted by molar-refractivity contribution is -0.123. The molecule has 1 amide bonds. The molecule has 0 aliphatic carbocycles. The molecule has 0 bridgehead atoms. The first-order valence-electron chi connectivity index (χ1n) is 6.05. The number of piperidine rings is 1. The van der Waals surface area contributed by atoms with Crippen LogP contribution < -0.4 is 5.32 Å². The third-order valence-corrected chi connectivity index (χ3v) is 2.85. The summed E-state index contributed by atoms with van der Waals surface area (Å²) in [7, 11) is 2.13. The zero-order chi connectivity index (χ0) is 11.9. The summed E-state index contributed by atoms with van der Waals surface area (Å²) < 4.78 is 0. The van der Waals surface area contributed by atoms with Gasteiger partial charge in [0.2, 0.25) is 5.91 Å². The minimum Gasteiger partial charge on any atom is -0.351 e. The van der Waals surface area contributed by atoms with Crippen molar-refractivity contribution in [3.8, 4) is 0 Å². The molecule has 1 aliphatic heterocycles. The molecule has 1 N–H and O–H groups in total. The summed E-state index contributed by atoms with van der Waals surface area (Å²) in [5, 5.41) is 3.10. The molecule has 0 aromatic carbocycles. The standard InChI is InChI=1S/C10H20N2O.C2H6/c1-4-9(13)11-10(2)5-7-12(3)8-6-10;1-2/h4-8H2,1-3H3,(H,11,13);1-2H3. The molecule has 1 aliphatic rings. The zero-order valence-electron chi connectivity index (χ0n) is 10.9. The first-order valence-corrected chi connectivity index (χ1v) is 6.05. The number of hydrogen-bond donors (Lipinski definition) is 1. The molecule has 3 heteroatoms. The van der Waals surface area contributed by atoms with Crippen LogP contribution in [0.25, 0.3) is 0 Å². The second-order valence-corrected chi connectivity index (χ2v) is 4.27. The molecule has 0 saturated carbocycles. The van der Waals surface area contributed by atoms with Crippen LogP contribution in [0.4, 0.5) is 0 Å². The molecule has 1 fully saturated rings. The third kappa shape index (κ3) is 5.17. The van der Waals surface area contributed by atoms with Crippen molar-refractivity contribution in [2.75, 3.05) is 20.1 Å². The monoisotopic (exact) mass is 214 g/mol. The summed E-state index contributed by atoms with van der Waals surface area (Å²) in [4.78, 5) is 13.5. The highest BCUT2D eigenvalue weighted by molar-refractivity contribution is 5.76. The Morgan fingerprint density at radius 3 is 2.20 bits per heavy atom. The Balaban J connectivity index is 0.000000921. The molecule has 0 aromatic rings. The first-order chi connectivity index (χ1) is 7.06. The molecule has 1 saturated heterocycles. The van der Waals surface area contributed by atoms with E-state index in [2.05, 4.69) is 24.2 Å². The van der Waals surface area contributed by atoms with Crippen molar-refractivity contribution in [1.82, 2.24) is 10.2 Å². The van der Waals surface area contributed by atoms with E-state index >= 15 is 0 Å². The number of carbonyl (C=O) groups excluding carboxylic acids is 1. The zero-order valence-corrected chi connectivity index (χ0v) is 10.9. The van der Waals surface area contributed by atoms with Crippen LogP contribution in [0.2, 0.25) is 0 Å². The molecule has 3 nitrogen and oxygen atoms in total. The smallest absolute Gasteiger partial charge is 0.220 e. The summed E-state index contributed by atoms with van der Waals surface area (Å²) in [6.45, 7) is 10.2. The van der Waals surface area contributed by atoms with E-state index < -0.39 is 0 Å². The van der Waals surface area contributed by atoms with Crippen LogP contribution >= 0.6 is 0 Å². The number of carbonyl (C=O) groups is 1. The van der Waals surface area contributed by atoms with Crippen molar-refractivity contribution < 1.29 is 4.79 Å². The number of rotatable bonds is 2. The fraction of sp³-hybridized carbons (Fsp3) is 0.917. The van der Waals surface area contributed by atoms with E-state index in [1.54, 1.807) is 0 Å². The molecular weight excluding hydrogens is 188 g/mol. The van der Waals surface area contributed by atoms with Crippen LogP contribution in [-0.4, -0.2) is 36.5 Å². The Morgan fingerprint density at radius 2 is 1.80 bits per heavy atom. The van der Waals surface area contributed by atoms with Gasteiger partial charge < -0.3 is 10.2 Å². The second-order valence-electron chi connectivity index (χ2n) is 4.27. The molecule has 0 spiro atoms. The molecule has 1 rings (SSSR count). The second kappa shape index (κ2) is 6.83. The van der Waals surface area contributed by atoms with Crippen LogP contribution in [0.15, 0.2) is 0 Å². The van der Waals surface area contributed by atoms with Gasteiger partial charge in [0.05, 0.1) is 0 Å². The Morgan fingerprint density at radius 1 is 1.33 bits per heavy atom. The molecule has 90 valence electrons. The van der Waals surface area contributed by atoms with Crippen LogP contribution in [0.1, 0.15) is 47.0 Å². The van der Waals surface area contributed by atoms with Gasteiger partial charge in [0, 0.05) is 25.0 Å². The topological polar surface area (TPSA) is 32.3 Å². The predicted molar refractivity (Wildman–Crippen MR) is 64.9 cm³/mol. The van der Waals surface area contributed by atoms with Crippen molar-refractivity contribution in [2.45, 2.75) is 52.5 Å². The van der Waals surface area contributed by atoms with Crippen molar-refractivity contribution in [3.63, 3.8) is 0 Å². The number of likely N-dealkylation sites (tertiary alicyclic amines) is 1. The molecule has 0 radical (unpaired) electrons. The third-order valence-electron chi connectivity index (χ3n) is 2.85. The van der Waals surface area contributed by atoms with Crippen molar-refractivity contribution in [2.24, 2.45) is 0 Å². The molecule has 0 aromatic heterocycles. The van der Waals surface area contributed by atoms with Crippen molar-refractivity contribution in [1.29, 1.82) is 0 Å². The van der Waals surface area contributed by atoms with Gasteiger partial charge in [-0.15, -0.1) is 0 Å². The minimum atomic E-state index is 0.0413. The highest BCUT2D eigenvalue weighted by atomic mass is 16.1. The lowest BCUT2D eigenvalue weighted by Gasteiger charge is -2.38. The summed E-state index contributed by atoms with van der Waals surface area (Å²) in [5.41, 5.74) is 0.0413. The highest BCUT2D eigenvalue weighted by Crippen LogP contribution is 2.20. The number of amides is 1. The summed E-state index contributed by atoms with van der Waals surface area (Å²) in [6, 6.07) is 0. The molecule has 0 atom stereocenters. The minimum absolute atomic E-state index is 0.0413. The Hall–Kier alpha value is -0.570. The van der Waals surface area contributed by atoms with Crippen LogP contribution in [-0.2, 0) is 4.79 Å². The number of nitrogens with zero attached hydrogens (tertiary/aromatic N) is 1. The van der Waals surface area contributed by atoms with Gasteiger partial charge in [0.1, 0.15) is 0 Å². The molecule has 0 unspecified atom stereocenters. The van der Waals surface area contributed by atoms with E-state index in [1.165, 1.54) is 0 Å². The van der Waals surface area contributed by atoms with E-state index in [0.717, 1.165) is 25.9 Å².